The van der Waals surface area contributed by atoms with E-state index in [2.05, 4.69) is 15.4 Å². The lowest BCUT2D eigenvalue weighted by Crippen LogP contribution is -2.41. The lowest BCUT2D eigenvalue weighted by Gasteiger charge is -2.32. The first kappa shape index (κ1) is 24.2. The van der Waals surface area contributed by atoms with Crippen LogP contribution in [0.2, 0.25) is 0 Å². The Morgan fingerprint density at radius 1 is 1.14 bits per heavy atom. The van der Waals surface area contributed by atoms with Crippen molar-refractivity contribution < 1.29 is 17.2 Å². The molecule has 8 nitrogen and oxygen atoms in total. The number of aromatic nitrogens is 3. The second-order valence-electron chi connectivity index (χ2n) is 8.81. The normalized spacial score (nSPS) is 16.9. The molecule has 4 aromatic rings. The Hall–Kier alpha value is -3.51. The van der Waals surface area contributed by atoms with E-state index < -0.39 is 21.7 Å². The summed E-state index contributed by atoms with van der Waals surface area (Å²) in [4.78, 5) is 4.23. The van der Waals surface area contributed by atoms with Crippen molar-refractivity contribution in [2.45, 2.75) is 17.7 Å². The van der Waals surface area contributed by atoms with Crippen LogP contribution in [0.15, 0.2) is 59.6 Å². The number of nitrogen functional groups attached to an aromatic ring is 1. The topological polar surface area (TPSA) is 106 Å². The van der Waals surface area contributed by atoms with Gasteiger partial charge in [0.1, 0.15) is 25.3 Å². The van der Waals surface area contributed by atoms with E-state index in [1.54, 1.807) is 10.6 Å². The van der Waals surface area contributed by atoms with E-state index in [9.17, 15) is 17.2 Å². The van der Waals surface area contributed by atoms with Crippen molar-refractivity contribution in [3.8, 4) is 11.3 Å². The third-order valence-corrected chi connectivity index (χ3v) is 8.11. The van der Waals surface area contributed by atoms with E-state index in [1.807, 2.05) is 24.3 Å². The number of nitrogens with one attached hydrogen (secondary N) is 1. The monoisotopic (exact) mass is 508 g/mol. The molecule has 0 saturated carbocycles. The summed E-state index contributed by atoms with van der Waals surface area (Å²) in [6, 6.07) is 11.5. The Balaban J connectivity index is 1.38. The zero-order valence-corrected chi connectivity index (χ0v) is 20.0. The lowest BCUT2D eigenvalue weighted by atomic mass is 9.99. The molecule has 5 rings (SSSR count). The number of fused-ring (bicyclic) bond motifs is 1. The fraction of sp³-hybridized carbons (Fsp3) is 0.250. The van der Waals surface area contributed by atoms with Crippen molar-refractivity contribution in [1.82, 2.24) is 18.9 Å². The van der Waals surface area contributed by atoms with Crippen molar-refractivity contribution in [3.05, 3.63) is 66.4 Å². The quantitative estimate of drug-likeness (QED) is 0.307. The number of anilines is 2. The van der Waals surface area contributed by atoms with Gasteiger partial charge in [0, 0.05) is 49.2 Å². The minimum Gasteiger partial charge on any atom is -0.398 e. The molecule has 184 valence electrons. The van der Waals surface area contributed by atoms with Crippen LogP contribution in [0, 0.1) is 17.6 Å². The highest BCUT2D eigenvalue weighted by molar-refractivity contribution is 7.89. The van der Waals surface area contributed by atoms with E-state index in [0.29, 0.717) is 47.3 Å². The summed E-state index contributed by atoms with van der Waals surface area (Å²) < 4.78 is 56.3. The fourth-order valence-electron chi connectivity index (χ4n) is 4.46. The van der Waals surface area contributed by atoms with E-state index in [4.69, 9.17) is 13.6 Å². The molecule has 2 aromatic carbocycles. The highest BCUT2D eigenvalue weighted by Gasteiger charge is 2.31. The summed E-state index contributed by atoms with van der Waals surface area (Å²) in [5.41, 5.74) is 8.97. The minimum absolute atomic E-state index is 0.0479. The van der Waals surface area contributed by atoms with Crippen LogP contribution in [0.1, 0.15) is 12.8 Å². The summed E-state index contributed by atoms with van der Waals surface area (Å²) in [6.07, 6.45) is 2.92. The number of sulfonamides is 1. The number of nitrogens with two attached hydrogens (primary N) is 1. The van der Waals surface area contributed by atoms with Gasteiger partial charge in [0.25, 0.3) is 0 Å². The van der Waals surface area contributed by atoms with Gasteiger partial charge in [0.2, 0.25) is 10.0 Å². The summed E-state index contributed by atoms with van der Waals surface area (Å²) >= 11 is 0. The molecule has 0 spiro atoms. The Bertz CT molecular complexity index is 1520. The van der Waals surface area contributed by atoms with Gasteiger partial charge in [-0.3, -0.25) is 0 Å². The molecule has 1 saturated heterocycles. The first-order valence-electron chi connectivity index (χ1n) is 11.4. The standard InChI is InChI=1S/C24H23BF2N6O2S/c25-20-13-30-33-23(11-22(31-24(20)33)19-5-1-2-6-21(19)28)29-12-15-4-3-7-32(14-15)36(34,35)18-9-16(26)8-17(27)10-18/h1-2,5-6,8-11,13,15,29H,3-4,7,12,14,28H2. The van der Waals surface area contributed by atoms with Crippen LogP contribution in [-0.2, 0) is 10.0 Å². The van der Waals surface area contributed by atoms with Crippen LogP contribution in [-0.4, -0.2) is 54.8 Å². The van der Waals surface area contributed by atoms with Gasteiger partial charge in [-0.15, -0.1) is 0 Å². The maximum atomic E-state index is 13.7. The first-order valence-corrected chi connectivity index (χ1v) is 12.9. The average Bonchev–Trinajstić information content (AvgIpc) is 3.23. The molecule has 1 fully saturated rings. The van der Waals surface area contributed by atoms with E-state index in [1.165, 1.54) is 10.5 Å². The smallest absolute Gasteiger partial charge is 0.243 e. The molecule has 1 atom stereocenters. The Labute approximate surface area is 208 Å². The molecule has 1 unspecified atom stereocenters. The van der Waals surface area contributed by atoms with Gasteiger partial charge < -0.3 is 11.1 Å². The predicted octanol–water partition coefficient (Wildman–Crippen LogP) is 2.56. The molecule has 0 bridgehead atoms. The zero-order chi connectivity index (χ0) is 25.4. The minimum atomic E-state index is -4.03. The number of para-hydroxylation sites is 1. The molecule has 1 aliphatic rings. The fourth-order valence-corrected chi connectivity index (χ4v) is 6.06. The van der Waals surface area contributed by atoms with Gasteiger partial charge in [-0.1, -0.05) is 18.2 Å². The van der Waals surface area contributed by atoms with Crippen molar-refractivity contribution in [2.75, 3.05) is 30.7 Å². The van der Waals surface area contributed by atoms with Gasteiger partial charge in [-0.25, -0.2) is 22.2 Å². The van der Waals surface area contributed by atoms with Gasteiger partial charge in [0.15, 0.2) is 5.65 Å². The molecule has 2 aromatic heterocycles. The predicted molar refractivity (Wildman–Crippen MR) is 135 cm³/mol. The number of benzene rings is 2. The summed E-state index contributed by atoms with van der Waals surface area (Å²) in [6.45, 7) is 0.928. The van der Waals surface area contributed by atoms with Gasteiger partial charge in [-0.2, -0.15) is 13.9 Å². The molecule has 1 aliphatic heterocycles. The number of halogens is 2. The van der Waals surface area contributed by atoms with Gasteiger partial charge in [-0.05, 0) is 42.4 Å². The molecule has 3 heterocycles. The van der Waals surface area contributed by atoms with Crippen molar-refractivity contribution in [2.24, 2.45) is 5.92 Å². The van der Waals surface area contributed by atoms with Crippen LogP contribution < -0.4 is 16.5 Å². The molecular formula is C24H23BF2N6O2S. The number of rotatable bonds is 6. The van der Waals surface area contributed by atoms with Gasteiger partial charge >= 0.3 is 0 Å². The molecule has 0 amide bonds. The van der Waals surface area contributed by atoms with Crippen molar-refractivity contribution in [1.29, 1.82) is 0 Å². The van der Waals surface area contributed by atoms with Crippen LogP contribution in [0.25, 0.3) is 16.9 Å². The maximum absolute atomic E-state index is 13.7. The average molecular weight is 508 g/mol. The van der Waals surface area contributed by atoms with E-state index >= 15 is 0 Å². The molecule has 12 heteroatoms. The van der Waals surface area contributed by atoms with Crippen LogP contribution in [0.5, 0.6) is 0 Å². The number of piperidine rings is 1. The zero-order valence-electron chi connectivity index (χ0n) is 19.2. The lowest BCUT2D eigenvalue weighted by molar-refractivity contribution is 0.275. The molecule has 0 aliphatic carbocycles. The Kier molecular flexibility index (Phi) is 6.39. The Morgan fingerprint density at radius 2 is 1.89 bits per heavy atom. The summed E-state index contributed by atoms with van der Waals surface area (Å²) in [5.74, 6) is -1.28. The Morgan fingerprint density at radius 3 is 2.64 bits per heavy atom. The second-order valence-corrected chi connectivity index (χ2v) is 10.7. The summed E-state index contributed by atoms with van der Waals surface area (Å²) in [5, 5.41) is 7.66. The number of hydrogen-bond acceptors (Lipinski definition) is 6. The van der Waals surface area contributed by atoms with Crippen molar-refractivity contribution in [3.63, 3.8) is 0 Å². The third kappa shape index (κ3) is 4.65. The van der Waals surface area contributed by atoms with Crippen LogP contribution in [0.4, 0.5) is 20.3 Å². The molecule has 36 heavy (non-hydrogen) atoms. The first-order chi connectivity index (χ1) is 17.2. The largest absolute Gasteiger partial charge is 0.398 e. The van der Waals surface area contributed by atoms with E-state index in [0.717, 1.165) is 24.1 Å². The van der Waals surface area contributed by atoms with Crippen molar-refractivity contribution >= 4 is 40.5 Å². The molecule has 2 radical (unpaired) electrons. The third-order valence-electron chi connectivity index (χ3n) is 6.26. The highest BCUT2D eigenvalue weighted by atomic mass is 32.2. The maximum Gasteiger partial charge on any atom is 0.243 e. The summed E-state index contributed by atoms with van der Waals surface area (Å²) in [7, 11) is 2.05. The second kappa shape index (κ2) is 9.51. The molecule has 3 N–H and O–H groups in total. The van der Waals surface area contributed by atoms with Gasteiger partial charge in [0.05, 0.1) is 10.6 Å². The molecular weight excluding hydrogens is 485 g/mol. The number of nitrogens with zero attached hydrogens (tertiary/aromatic N) is 4. The van der Waals surface area contributed by atoms with E-state index in [-0.39, 0.29) is 23.9 Å². The number of hydrogen-bond donors (Lipinski definition) is 2. The van der Waals surface area contributed by atoms with Crippen LogP contribution in [0.3, 0.4) is 0 Å². The van der Waals surface area contributed by atoms with Crippen LogP contribution >= 0.6 is 0 Å². The SMILES string of the molecule is [B]c1cnn2c(NCC3CCCN(S(=O)(=O)c4cc(F)cc(F)c4)C3)cc(-c3ccccc3N)nc12. The highest BCUT2D eigenvalue weighted by Crippen LogP contribution is 2.28.